The van der Waals surface area contributed by atoms with E-state index in [1.54, 1.807) is 22.1 Å². The van der Waals surface area contributed by atoms with E-state index in [0.717, 1.165) is 23.0 Å². The van der Waals surface area contributed by atoms with E-state index in [9.17, 15) is 9.59 Å². The van der Waals surface area contributed by atoms with Crippen LogP contribution in [0.15, 0.2) is 69.9 Å². The van der Waals surface area contributed by atoms with Gasteiger partial charge in [0.1, 0.15) is 12.3 Å². The SMILES string of the molecule is CCCCN(CC(=O)N(Cc1ccco1)Cc1cccn1C)C(=O)Nc1cccc(Br)c1. The molecule has 32 heavy (non-hydrogen) atoms. The highest BCUT2D eigenvalue weighted by atomic mass is 79.9. The maximum atomic E-state index is 13.3. The van der Waals surface area contributed by atoms with E-state index in [1.807, 2.05) is 60.3 Å². The minimum atomic E-state index is -0.290. The third-order valence-electron chi connectivity index (χ3n) is 5.15. The Morgan fingerprint density at radius 3 is 2.59 bits per heavy atom. The summed E-state index contributed by atoms with van der Waals surface area (Å²) in [5.74, 6) is 0.564. The second-order valence-electron chi connectivity index (χ2n) is 7.66. The molecule has 0 aliphatic carbocycles. The third kappa shape index (κ3) is 6.75. The number of aromatic nitrogens is 1. The van der Waals surface area contributed by atoms with Gasteiger partial charge < -0.3 is 24.1 Å². The van der Waals surface area contributed by atoms with Gasteiger partial charge in [-0.05, 0) is 48.9 Å². The average molecular weight is 501 g/mol. The van der Waals surface area contributed by atoms with Crippen LogP contribution >= 0.6 is 15.9 Å². The van der Waals surface area contributed by atoms with Crippen molar-refractivity contribution in [3.8, 4) is 0 Å². The lowest BCUT2D eigenvalue weighted by Gasteiger charge is -2.27. The highest BCUT2D eigenvalue weighted by Gasteiger charge is 2.23. The van der Waals surface area contributed by atoms with Crippen LogP contribution in [0.25, 0.3) is 0 Å². The summed E-state index contributed by atoms with van der Waals surface area (Å²) in [5, 5.41) is 2.90. The van der Waals surface area contributed by atoms with Crippen molar-refractivity contribution in [2.24, 2.45) is 7.05 Å². The first-order valence-electron chi connectivity index (χ1n) is 10.7. The molecule has 0 radical (unpaired) electrons. The molecule has 0 spiro atoms. The van der Waals surface area contributed by atoms with Crippen LogP contribution in [0, 0.1) is 0 Å². The molecule has 3 amide bonds. The summed E-state index contributed by atoms with van der Waals surface area (Å²) in [7, 11) is 1.95. The number of carbonyl (C=O) groups is 2. The number of rotatable bonds is 10. The molecule has 7 nitrogen and oxygen atoms in total. The summed E-state index contributed by atoms with van der Waals surface area (Å²) in [6.07, 6.45) is 5.28. The number of nitrogens with zero attached hydrogens (tertiary/aromatic N) is 3. The number of amides is 3. The fraction of sp³-hybridized carbons (Fsp3) is 0.333. The van der Waals surface area contributed by atoms with Crippen molar-refractivity contribution in [3.63, 3.8) is 0 Å². The number of hydrogen-bond acceptors (Lipinski definition) is 3. The quantitative estimate of drug-likeness (QED) is 0.413. The lowest BCUT2D eigenvalue weighted by molar-refractivity contribution is -0.133. The van der Waals surface area contributed by atoms with Crippen LogP contribution in [0.3, 0.4) is 0 Å². The Morgan fingerprint density at radius 2 is 1.94 bits per heavy atom. The monoisotopic (exact) mass is 500 g/mol. The average Bonchev–Trinajstić information content (AvgIpc) is 3.42. The zero-order chi connectivity index (χ0) is 22.9. The molecular weight excluding hydrogens is 472 g/mol. The Kier molecular flexibility index (Phi) is 8.56. The molecule has 0 saturated heterocycles. The number of halogens is 1. The molecule has 1 aromatic carbocycles. The van der Waals surface area contributed by atoms with Crippen molar-refractivity contribution < 1.29 is 14.0 Å². The van der Waals surface area contributed by atoms with Crippen molar-refractivity contribution in [3.05, 3.63) is 76.9 Å². The molecule has 0 aliphatic heterocycles. The molecule has 3 aromatic rings. The first-order valence-corrected chi connectivity index (χ1v) is 11.5. The number of carbonyl (C=O) groups excluding carboxylic acids is 2. The van der Waals surface area contributed by atoms with E-state index < -0.39 is 0 Å². The first kappa shape index (κ1) is 23.7. The molecular formula is C24H29BrN4O3. The summed E-state index contributed by atoms with van der Waals surface area (Å²) in [6.45, 7) is 3.32. The van der Waals surface area contributed by atoms with Crippen LogP contribution in [-0.4, -0.2) is 39.4 Å². The molecule has 0 unspecified atom stereocenters. The van der Waals surface area contributed by atoms with Gasteiger partial charge in [0, 0.05) is 35.6 Å². The van der Waals surface area contributed by atoms with E-state index in [-0.39, 0.29) is 18.5 Å². The highest BCUT2D eigenvalue weighted by molar-refractivity contribution is 9.10. The van der Waals surface area contributed by atoms with Gasteiger partial charge in [0.2, 0.25) is 5.91 Å². The van der Waals surface area contributed by atoms with Crippen LogP contribution in [0.1, 0.15) is 31.2 Å². The van der Waals surface area contributed by atoms with Gasteiger partial charge in [-0.25, -0.2) is 4.79 Å². The Hall–Kier alpha value is -3.00. The summed E-state index contributed by atoms with van der Waals surface area (Å²) in [6, 6.07) is 14.7. The molecule has 8 heteroatoms. The van der Waals surface area contributed by atoms with Gasteiger partial charge in [0.05, 0.1) is 19.4 Å². The van der Waals surface area contributed by atoms with Crippen molar-refractivity contribution in [1.82, 2.24) is 14.4 Å². The van der Waals surface area contributed by atoms with Crippen molar-refractivity contribution in [2.45, 2.75) is 32.9 Å². The van der Waals surface area contributed by atoms with Crippen LogP contribution < -0.4 is 5.32 Å². The molecule has 2 aromatic heterocycles. The van der Waals surface area contributed by atoms with Crippen molar-refractivity contribution in [2.75, 3.05) is 18.4 Å². The van der Waals surface area contributed by atoms with Gasteiger partial charge in [-0.2, -0.15) is 0 Å². The smallest absolute Gasteiger partial charge is 0.322 e. The lowest BCUT2D eigenvalue weighted by atomic mass is 10.3. The van der Waals surface area contributed by atoms with E-state index in [2.05, 4.69) is 28.2 Å². The Labute approximate surface area is 197 Å². The summed E-state index contributed by atoms with van der Waals surface area (Å²) >= 11 is 3.42. The molecule has 2 heterocycles. The predicted molar refractivity (Wildman–Crippen MR) is 128 cm³/mol. The predicted octanol–water partition coefficient (Wildman–Crippen LogP) is 5.24. The lowest BCUT2D eigenvalue weighted by Crippen LogP contribution is -2.44. The molecule has 3 rings (SSSR count). The maximum absolute atomic E-state index is 13.3. The van der Waals surface area contributed by atoms with Crippen LogP contribution in [0.5, 0.6) is 0 Å². The Balaban J connectivity index is 1.74. The van der Waals surface area contributed by atoms with Crippen LogP contribution in [0.2, 0.25) is 0 Å². The van der Waals surface area contributed by atoms with E-state index in [0.29, 0.717) is 31.1 Å². The normalized spacial score (nSPS) is 10.7. The number of furan rings is 1. The van der Waals surface area contributed by atoms with Gasteiger partial charge in [0.15, 0.2) is 0 Å². The summed E-state index contributed by atoms with van der Waals surface area (Å²) in [4.78, 5) is 29.6. The van der Waals surface area contributed by atoms with Crippen LogP contribution in [0.4, 0.5) is 10.5 Å². The minimum Gasteiger partial charge on any atom is -0.467 e. The number of nitrogens with one attached hydrogen (secondary N) is 1. The fourth-order valence-corrected chi connectivity index (χ4v) is 3.71. The molecule has 1 N–H and O–H groups in total. The summed E-state index contributed by atoms with van der Waals surface area (Å²) < 4.78 is 8.33. The minimum absolute atomic E-state index is 0.00896. The first-order chi connectivity index (χ1) is 15.5. The molecule has 0 aliphatic rings. The van der Waals surface area contributed by atoms with Gasteiger partial charge in [0.25, 0.3) is 0 Å². The second-order valence-corrected chi connectivity index (χ2v) is 8.57. The molecule has 0 fully saturated rings. The van der Waals surface area contributed by atoms with Crippen molar-refractivity contribution in [1.29, 1.82) is 0 Å². The van der Waals surface area contributed by atoms with Gasteiger partial charge in [-0.3, -0.25) is 4.79 Å². The summed E-state index contributed by atoms with van der Waals surface area (Å²) in [5.41, 5.74) is 1.68. The number of urea groups is 1. The molecule has 0 bridgehead atoms. The zero-order valence-electron chi connectivity index (χ0n) is 18.5. The fourth-order valence-electron chi connectivity index (χ4n) is 3.31. The standard InChI is InChI=1S/C24H29BrN4O3/c1-3-4-13-28(24(31)26-20-9-5-8-19(25)15-20)18-23(30)29(17-22-11-7-14-32-22)16-21-10-6-12-27(21)2/h5-12,14-15H,3-4,13,16-18H2,1-2H3,(H,26,31). The second kappa shape index (κ2) is 11.6. The highest BCUT2D eigenvalue weighted by Crippen LogP contribution is 2.17. The Morgan fingerprint density at radius 1 is 1.09 bits per heavy atom. The van der Waals surface area contributed by atoms with Gasteiger partial charge in [-0.1, -0.05) is 35.3 Å². The molecule has 170 valence electrons. The third-order valence-corrected chi connectivity index (χ3v) is 5.65. The number of aryl methyl sites for hydroxylation is 1. The number of unbranched alkanes of at least 4 members (excludes halogenated alkanes) is 1. The van der Waals surface area contributed by atoms with E-state index in [1.165, 1.54) is 0 Å². The number of benzene rings is 1. The van der Waals surface area contributed by atoms with E-state index >= 15 is 0 Å². The maximum Gasteiger partial charge on any atom is 0.322 e. The largest absolute Gasteiger partial charge is 0.467 e. The number of anilines is 1. The zero-order valence-corrected chi connectivity index (χ0v) is 20.0. The molecule has 0 atom stereocenters. The van der Waals surface area contributed by atoms with Gasteiger partial charge >= 0.3 is 6.03 Å². The van der Waals surface area contributed by atoms with Gasteiger partial charge in [-0.15, -0.1) is 0 Å². The van der Waals surface area contributed by atoms with E-state index in [4.69, 9.17) is 4.42 Å². The molecule has 0 saturated carbocycles. The number of hydrogen-bond donors (Lipinski definition) is 1. The topological polar surface area (TPSA) is 70.7 Å². The van der Waals surface area contributed by atoms with Crippen LogP contribution in [-0.2, 0) is 24.9 Å². The van der Waals surface area contributed by atoms with Crippen molar-refractivity contribution >= 4 is 33.6 Å². The Bertz CT molecular complexity index is 1020.